The van der Waals surface area contributed by atoms with Crippen LogP contribution in [-0.2, 0) is 9.59 Å². The van der Waals surface area contributed by atoms with E-state index in [1.54, 1.807) is 18.7 Å². The number of nitrogens with one attached hydrogen (secondary N) is 3. The van der Waals surface area contributed by atoms with Gasteiger partial charge in [-0.15, -0.1) is 0 Å². The summed E-state index contributed by atoms with van der Waals surface area (Å²) in [6.45, 7) is 4.06. The molecule has 3 heterocycles. The molecule has 196 valence electrons. The number of imidazole rings is 1. The molecule has 1 fully saturated rings. The Morgan fingerprint density at radius 2 is 1.87 bits per heavy atom. The molecular formula is C28H30N6O4. The maximum atomic E-state index is 13.5. The number of nitrogens with zero attached hydrogens (tertiary/aromatic N) is 3. The third kappa shape index (κ3) is 5.44. The molecule has 2 unspecified atom stereocenters. The zero-order valence-electron chi connectivity index (χ0n) is 21.3. The Hall–Kier alpha value is -4.47. The lowest BCUT2D eigenvalue weighted by Crippen LogP contribution is -2.50. The molecule has 0 saturated carbocycles. The van der Waals surface area contributed by atoms with Crippen LogP contribution in [0, 0.1) is 6.92 Å². The second kappa shape index (κ2) is 10.9. The number of carbonyl (C=O) groups is 3. The van der Waals surface area contributed by atoms with Gasteiger partial charge in [0.1, 0.15) is 17.6 Å². The molecule has 1 aliphatic rings. The Morgan fingerprint density at radius 1 is 1.11 bits per heavy atom. The van der Waals surface area contributed by atoms with Gasteiger partial charge in [0.25, 0.3) is 5.91 Å². The molecule has 2 aromatic heterocycles. The first-order chi connectivity index (χ1) is 18.4. The molecule has 3 amide bonds. The molecule has 10 nitrogen and oxygen atoms in total. The monoisotopic (exact) mass is 514 g/mol. The second-order valence-electron chi connectivity index (χ2n) is 9.58. The number of fused-ring (bicyclic) bond motifs is 1. The first kappa shape index (κ1) is 25.2. The van der Waals surface area contributed by atoms with E-state index >= 15 is 0 Å². The van der Waals surface area contributed by atoms with Gasteiger partial charge in [-0.1, -0.05) is 47.6 Å². The minimum Gasteiger partial charge on any atom is -0.361 e. The van der Waals surface area contributed by atoms with E-state index < -0.39 is 23.9 Å². The number of likely N-dealkylation sites (tertiary alicyclic amines) is 1. The van der Waals surface area contributed by atoms with Crippen LogP contribution >= 0.6 is 0 Å². The van der Waals surface area contributed by atoms with Crippen molar-refractivity contribution in [3.8, 4) is 0 Å². The predicted octanol–water partition coefficient (Wildman–Crippen LogP) is 3.59. The quantitative estimate of drug-likeness (QED) is 0.329. The molecule has 3 atom stereocenters. The lowest BCUT2D eigenvalue weighted by molar-refractivity contribution is -0.135. The predicted molar refractivity (Wildman–Crippen MR) is 140 cm³/mol. The number of aromatic amines is 1. The summed E-state index contributed by atoms with van der Waals surface area (Å²) < 4.78 is 5.01. The van der Waals surface area contributed by atoms with E-state index in [4.69, 9.17) is 4.52 Å². The molecule has 3 N–H and O–H groups in total. The highest BCUT2D eigenvalue weighted by atomic mass is 16.5. The van der Waals surface area contributed by atoms with Gasteiger partial charge in [0, 0.05) is 12.6 Å². The molecule has 2 aromatic carbocycles. The average Bonchev–Trinajstić information content (AvgIpc) is 3.68. The highest BCUT2D eigenvalue weighted by Gasteiger charge is 2.34. The van der Waals surface area contributed by atoms with Crippen LogP contribution in [0.5, 0.6) is 0 Å². The fourth-order valence-electron chi connectivity index (χ4n) is 4.85. The Labute approximate surface area is 219 Å². The Bertz CT molecular complexity index is 1410. The summed E-state index contributed by atoms with van der Waals surface area (Å²) in [5.41, 5.74) is 2.73. The first-order valence-electron chi connectivity index (χ1n) is 12.7. The second-order valence-corrected chi connectivity index (χ2v) is 9.58. The van der Waals surface area contributed by atoms with Gasteiger partial charge < -0.3 is 25.0 Å². The van der Waals surface area contributed by atoms with Crippen LogP contribution in [-0.4, -0.2) is 50.3 Å². The highest BCUT2D eigenvalue weighted by Crippen LogP contribution is 2.32. The van der Waals surface area contributed by atoms with Crippen LogP contribution < -0.4 is 10.6 Å². The number of H-pyrrole nitrogens is 1. The van der Waals surface area contributed by atoms with Crippen molar-refractivity contribution < 1.29 is 18.9 Å². The van der Waals surface area contributed by atoms with Gasteiger partial charge >= 0.3 is 0 Å². The molecule has 1 saturated heterocycles. The van der Waals surface area contributed by atoms with Crippen LogP contribution in [0.4, 0.5) is 0 Å². The number of para-hydroxylation sites is 2. The fraction of sp³-hybridized carbons (Fsp3) is 0.321. The van der Waals surface area contributed by atoms with Gasteiger partial charge in [-0.25, -0.2) is 4.98 Å². The van der Waals surface area contributed by atoms with Gasteiger partial charge in [-0.2, -0.15) is 0 Å². The van der Waals surface area contributed by atoms with Crippen LogP contribution in [0.2, 0.25) is 0 Å². The lowest BCUT2D eigenvalue weighted by Gasteiger charge is -2.27. The molecule has 5 rings (SSSR count). The summed E-state index contributed by atoms with van der Waals surface area (Å²) in [6, 6.07) is 17.2. The van der Waals surface area contributed by atoms with Crippen LogP contribution in [0.25, 0.3) is 11.0 Å². The van der Waals surface area contributed by atoms with Crippen LogP contribution in [0.1, 0.15) is 65.9 Å². The van der Waals surface area contributed by atoms with Gasteiger partial charge in [0.15, 0.2) is 5.69 Å². The summed E-state index contributed by atoms with van der Waals surface area (Å²) in [5, 5.41) is 9.32. The van der Waals surface area contributed by atoms with Gasteiger partial charge in [0.05, 0.1) is 29.5 Å². The summed E-state index contributed by atoms with van der Waals surface area (Å²) in [5.74, 6) is -0.243. The zero-order valence-corrected chi connectivity index (χ0v) is 21.3. The zero-order chi connectivity index (χ0) is 26.6. The topological polar surface area (TPSA) is 133 Å². The van der Waals surface area contributed by atoms with Crippen LogP contribution in [0.3, 0.4) is 0 Å². The molecular weight excluding hydrogens is 484 g/mol. The first-order valence-corrected chi connectivity index (χ1v) is 12.7. The lowest BCUT2D eigenvalue weighted by atomic mass is 10.0. The van der Waals surface area contributed by atoms with Crippen LogP contribution in [0.15, 0.2) is 65.2 Å². The fourth-order valence-corrected chi connectivity index (χ4v) is 4.85. The molecule has 0 bridgehead atoms. The van der Waals surface area contributed by atoms with E-state index in [9.17, 15) is 14.4 Å². The van der Waals surface area contributed by atoms with E-state index in [1.165, 1.54) is 6.07 Å². The number of amides is 3. The minimum atomic E-state index is -1.11. The maximum absolute atomic E-state index is 13.5. The van der Waals surface area contributed by atoms with Crippen molar-refractivity contribution in [2.24, 2.45) is 0 Å². The number of benzene rings is 2. The summed E-state index contributed by atoms with van der Waals surface area (Å²) >= 11 is 0. The van der Waals surface area contributed by atoms with Crippen molar-refractivity contribution in [3.05, 3.63) is 83.5 Å². The molecule has 38 heavy (non-hydrogen) atoms. The van der Waals surface area contributed by atoms with Crippen molar-refractivity contribution in [1.82, 2.24) is 30.7 Å². The number of aromatic nitrogens is 3. The van der Waals surface area contributed by atoms with E-state index in [0.29, 0.717) is 18.1 Å². The van der Waals surface area contributed by atoms with Gasteiger partial charge in [-0.3, -0.25) is 14.4 Å². The molecule has 0 radical (unpaired) electrons. The van der Waals surface area contributed by atoms with Crippen molar-refractivity contribution in [2.45, 2.75) is 51.2 Å². The minimum absolute atomic E-state index is 0.0430. The molecule has 0 spiro atoms. The van der Waals surface area contributed by atoms with E-state index in [1.807, 2.05) is 54.6 Å². The van der Waals surface area contributed by atoms with Crippen molar-refractivity contribution in [3.63, 3.8) is 0 Å². The number of hydrogen-bond donors (Lipinski definition) is 3. The number of hydrogen-bond acceptors (Lipinski definition) is 6. The summed E-state index contributed by atoms with van der Waals surface area (Å²) in [7, 11) is 0. The molecule has 10 heteroatoms. The van der Waals surface area contributed by atoms with Crippen molar-refractivity contribution >= 4 is 28.8 Å². The smallest absolute Gasteiger partial charge is 0.274 e. The maximum Gasteiger partial charge on any atom is 0.274 e. The van der Waals surface area contributed by atoms with Gasteiger partial charge in [-0.05, 0) is 44.4 Å². The Kier molecular flexibility index (Phi) is 7.21. The normalized spacial score (nSPS) is 16.8. The largest absolute Gasteiger partial charge is 0.361 e. The summed E-state index contributed by atoms with van der Waals surface area (Å²) in [4.78, 5) is 49.3. The average molecular weight is 515 g/mol. The standard InChI is InChI=1S/C28H30N6O4/c1-17-15-23(33-38-17)28(37)32-22(16-25(35)34-14-8-13-24(34)19-9-4-3-5-10-19)27(36)29-18(2)26-30-20-11-6-7-12-21(20)31-26/h3-7,9-12,15,18,22,24H,8,13-14,16H2,1-2H3,(H,29,36)(H,30,31)(H,32,37)/t18?,22?,24-/m1/s1. The highest BCUT2D eigenvalue weighted by molar-refractivity contribution is 5.98. The Morgan fingerprint density at radius 3 is 2.61 bits per heavy atom. The van der Waals surface area contributed by atoms with E-state index in [0.717, 1.165) is 29.4 Å². The van der Waals surface area contributed by atoms with Crippen molar-refractivity contribution in [1.29, 1.82) is 0 Å². The number of aryl methyl sites for hydroxylation is 1. The van der Waals surface area contributed by atoms with Crippen molar-refractivity contribution in [2.75, 3.05) is 6.54 Å². The van der Waals surface area contributed by atoms with Gasteiger partial charge in [0.2, 0.25) is 11.8 Å². The molecule has 1 aliphatic heterocycles. The molecule has 4 aromatic rings. The van der Waals surface area contributed by atoms with E-state index in [-0.39, 0.29) is 24.1 Å². The number of rotatable bonds is 8. The SMILES string of the molecule is Cc1cc(C(=O)NC(CC(=O)N2CCC[C@@H]2c2ccccc2)C(=O)NC(C)c2nc3ccccc3[nH]2)no1. The summed E-state index contributed by atoms with van der Waals surface area (Å²) in [6.07, 6.45) is 1.53. The third-order valence-corrected chi connectivity index (χ3v) is 6.80. The Balaban J connectivity index is 1.33. The number of carbonyl (C=O) groups excluding carboxylic acids is 3. The molecule has 0 aliphatic carbocycles. The third-order valence-electron chi connectivity index (χ3n) is 6.80. The van der Waals surface area contributed by atoms with E-state index in [2.05, 4.69) is 25.8 Å².